The molecule has 0 unspecified atom stereocenters. The van der Waals surface area contributed by atoms with Crippen molar-refractivity contribution >= 4 is 33.9 Å². The summed E-state index contributed by atoms with van der Waals surface area (Å²) in [6.07, 6.45) is 4.86. The number of hydrogen-bond acceptors (Lipinski definition) is 7. The highest BCUT2D eigenvalue weighted by molar-refractivity contribution is 5.98. The Balaban J connectivity index is 1.76. The number of nitrogens with one attached hydrogen (secondary N) is 2. The molecule has 0 atom stereocenters. The molecule has 0 radical (unpaired) electrons. The van der Waals surface area contributed by atoms with Gasteiger partial charge in [-0.1, -0.05) is 12.1 Å². The number of benzene rings is 1. The van der Waals surface area contributed by atoms with Gasteiger partial charge >= 0.3 is 0 Å². The summed E-state index contributed by atoms with van der Waals surface area (Å²) in [7, 11) is 0. The molecule has 4 aromatic rings. The molecule has 0 aliphatic heterocycles. The Morgan fingerprint density at radius 3 is 2.63 bits per heavy atom. The number of aromatic nitrogens is 4. The average Bonchev–Trinajstić information content (AvgIpc) is 3.22. The summed E-state index contributed by atoms with van der Waals surface area (Å²) in [6.45, 7) is 0. The van der Waals surface area contributed by atoms with Crippen LogP contribution in [-0.4, -0.2) is 26.0 Å². The van der Waals surface area contributed by atoms with Crippen LogP contribution in [0.4, 0.5) is 17.3 Å². The van der Waals surface area contributed by atoms with E-state index in [0.717, 1.165) is 22.0 Å². The van der Waals surface area contributed by atoms with Crippen LogP contribution in [0.25, 0.3) is 22.0 Å². The number of amidine groups is 1. The number of nitrogens with zero attached hydrogens (tertiary/aromatic N) is 5. The van der Waals surface area contributed by atoms with E-state index in [4.69, 9.17) is 16.9 Å². The van der Waals surface area contributed by atoms with E-state index < -0.39 is 0 Å². The van der Waals surface area contributed by atoms with E-state index in [1.54, 1.807) is 24.5 Å². The first-order valence-electron chi connectivity index (χ1n) is 8.02. The normalized spacial score (nSPS) is 11.3. The van der Waals surface area contributed by atoms with Gasteiger partial charge in [0.25, 0.3) is 0 Å². The molecule has 0 saturated heterocycles. The second-order valence-electron chi connectivity index (χ2n) is 5.78. The van der Waals surface area contributed by atoms with Crippen molar-refractivity contribution in [3.05, 3.63) is 60.6 Å². The van der Waals surface area contributed by atoms with Gasteiger partial charge in [0, 0.05) is 40.5 Å². The first-order chi connectivity index (χ1) is 13.1. The Hall–Kier alpha value is -4.14. The summed E-state index contributed by atoms with van der Waals surface area (Å²) in [5.41, 5.74) is 14.3. The number of fused-ring (bicyclic) bond motifs is 1. The minimum absolute atomic E-state index is 0.0557. The first-order valence-corrected chi connectivity index (χ1v) is 8.02. The maximum absolute atomic E-state index is 7.39. The number of rotatable bonds is 4. The van der Waals surface area contributed by atoms with Gasteiger partial charge in [0.15, 0.2) is 11.6 Å². The number of hydrogen-bond donors (Lipinski definition) is 4. The van der Waals surface area contributed by atoms with Crippen molar-refractivity contribution in [3.8, 4) is 11.3 Å². The van der Waals surface area contributed by atoms with E-state index in [-0.39, 0.29) is 11.7 Å². The van der Waals surface area contributed by atoms with Gasteiger partial charge < -0.3 is 11.5 Å². The molecule has 0 amide bonds. The lowest BCUT2D eigenvalue weighted by molar-refractivity contribution is 1.10. The predicted octanol–water partition coefficient (Wildman–Crippen LogP) is 3.30. The van der Waals surface area contributed by atoms with Crippen LogP contribution in [0.15, 0.2) is 65.2 Å². The molecule has 1 aromatic carbocycles. The number of aromatic amines is 1. The third kappa shape index (κ3) is 3.21. The maximum Gasteiger partial charge on any atom is 0.174 e. The topological polar surface area (TPSA) is 155 Å². The van der Waals surface area contributed by atoms with Crippen molar-refractivity contribution in [1.29, 1.82) is 5.41 Å². The summed E-state index contributed by atoms with van der Waals surface area (Å²) in [6, 6.07) is 11.0. The van der Waals surface area contributed by atoms with Gasteiger partial charge in [0.1, 0.15) is 11.5 Å². The van der Waals surface area contributed by atoms with Gasteiger partial charge in [-0.3, -0.25) is 10.5 Å². The molecule has 9 heteroatoms. The second-order valence-corrected chi connectivity index (χ2v) is 5.78. The fourth-order valence-corrected chi connectivity index (χ4v) is 2.61. The quantitative estimate of drug-likeness (QED) is 0.250. The molecule has 0 saturated carbocycles. The standard InChI is InChI=1S/C18H15N9/c19-17(20)12-3-4-15(22-9-12)26-27-16-13-7-10(14-5-6-24-25-14)1-2-11(13)8-23-18(16)21/h1-9H,(H3,19,20)(H2,21,23)(H,24,25)/b27-26+. The van der Waals surface area contributed by atoms with Crippen LogP contribution < -0.4 is 11.5 Å². The number of H-pyrrole nitrogens is 1. The Labute approximate surface area is 153 Å². The molecule has 0 spiro atoms. The molecule has 0 bridgehead atoms. The summed E-state index contributed by atoms with van der Waals surface area (Å²) in [4.78, 5) is 8.32. The van der Waals surface area contributed by atoms with E-state index in [1.165, 1.54) is 6.20 Å². The molecule has 0 fully saturated rings. The van der Waals surface area contributed by atoms with E-state index in [0.29, 0.717) is 17.1 Å². The Bertz CT molecular complexity index is 1150. The van der Waals surface area contributed by atoms with E-state index in [1.807, 2.05) is 24.3 Å². The monoisotopic (exact) mass is 357 g/mol. The van der Waals surface area contributed by atoms with Crippen LogP contribution in [0.1, 0.15) is 5.56 Å². The molecule has 9 nitrogen and oxygen atoms in total. The van der Waals surface area contributed by atoms with Crippen molar-refractivity contribution in [3.63, 3.8) is 0 Å². The van der Waals surface area contributed by atoms with Gasteiger partial charge in [0.05, 0.1) is 5.69 Å². The number of nitrogen functional groups attached to an aromatic ring is 2. The Morgan fingerprint density at radius 2 is 1.93 bits per heavy atom. The summed E-state index contributed by atoms with van der Waals surface area (Å²) < 4.78 is 0. The third-order valence-electron chi connectivity index (χ3n) is 4.02. The van der Waals surface area contributed by atoms with Crippen molar-refractivity contribution < 1.29 is 0 Å². The number of nitrogens with two attached hydrogens (primary N) is 2. The molecule has 3 heterocycles. The first kappa shape index (κ1) is 16.3. The lowest BCUT2D eigenvalue weighted by atomic mass is 10.1. The molecule has 0 aliphatic rings. The van der Waals surface area contributed by atoms with Crippen molar-refractivity contribution in [2.45, 2.75) is 0 Å². The third-order valence-corrected chi connectivity index (χ3v) is 4.02. The lowest BCUT2D eigenvalue weighted by Crippen LogP contribution is -2.10. The Morgan fingerprint density at radius 1 is 1.04 bits per heavy atom. The average molecular weight is 357 g/mol. The van der Waals surface area contributed by atoms with Crippen molar-refractivity contribution in [2.24, 2.45) is 16.0 Å². The fourth-order valence-electron chi connectivity index (χ4n) is 2.61. The highest BCUT2D eigenvalue weighted by atomic mass is 15.2. The van der Waals surface area contributed by atoms with Crippen LogP contribution in [-0.2, 0) is 0 Å². The summed E-state index contributed by atoms with van der Waals surface area (Å²) in [5, 5.41) is 24.4. The highest BCUT2D eigenvalue weighted by Gasteiger charge is 2.09. The molecular weight excluding hydrogens is 342 g/mol. The summed E-state index contributed by atoms with van der Waals surface area (Å²) in [5.74, 6) is 0.592. The van der Waals surface area contributed by atoms with Crippen molar-refractivity contribution in [2.75, 3.05) is 5.73 Å². The minimum atomic E-state index is -0.0557. The zero-order valence-corrected chi connectivity index (χ0v) is 14.1. The number of pyridine rings is 2. The smallest absolute Gasteiger partial charge is 0.174 e. The minimum Gasteiger partial charge on any atom is -0.384 e. The van der Waals surface area contributed by atoms with E-state index >= 15 is 0 Å². The van der Waals surface area contributed by atoms with Gasteiger partial charge in [-0.05, 0) is 24.3 Å². The SMILES string of the molecule is N=C(N)c1ccc(/N=N/c2c(N)ncc3ccc(-c4ccn[nH]4)cc23)nc1. The second kappa shape index (κ2) is 6.64. The molecule has 0 aliphatic carbocycles. The van der Waals surface area contributed by atoms with E-state index in [9.17, 15) is 0 Å². The molecule has 4 rings (SSSR count). The zero-order chi connectivity index (χ0) is 18.8. The van der Waals surface area contributed by atoms with Crippen LogP contribution in [0.5, 0.6) is 0 Å². The largest absolute Gasteiger partial charge is 0.384 e. The lowest BCUT2D eigenvalue weighted by Gasteiger charge is -2.06. The maximum atomic E-state index is 7.39. The van der Waals surface area contributed by atoms with Crippen LogP contribution >= 0.6 is 0 Å². The Kier molecular flexibility index (Phi) is 4.01. The number of azo groups is 1. The van der Waals surface area contributed by atoms with Crippen LogP contribution in [0.3, 0.4) is 0 Å². The molecule has 3 aromatic heterocycles. The molecule has 132 valence electrons. The van der Waals surface area contributed by atoms with Crippen molar-refractivity contribution in [1.82, 2.24) is 20.2 Å². The zero-order valence-electron chi connectivity index (χ0n) is 14.1. The molecule has 6 N–H and O–H groups in total. The van der Waals surface area contributed by atoms with Gasteiger partial charge in [-0.15, -0.1) is 10.2 Å². The number of anilines is 1. The van der Waals surface area contributed by atoms with Crippen LogP contribution in [0.2, 0.25) is 0 Å². The predicted molar refractivity (Wildman–Crippen MR) is 103 cm³/mol. The summed E-state index contributed by atoms with van der Waals surface area (Å²) >= 11 is 0. The molecule has 27 heavy (non-hydrogen) atoms. The van der Waals surface area contributed by atoms with Gasteiger partial charge in [0.2, 0.25) is 0 Å². The molecular formula is C18H15N9. The highest BCUT2D eigenvalue weighted by Crippen LogP contribution is 2.34. The van der Waals surface area contributed by atoms with E-state index in [2.05, 4.69) is 30.4 Å². The van der Waals surface area contributed by atoms with Gasteiger partial charge in [-0.25, -0.2) is 9.97 Å². The van der Waals surface area contributed by atoms with Gasteiger partial charge in [-0.2, -0.15) is 5.10 Å². The fraction of sp³-hybridized carbons (Fsp3) is 0. The van der Waals surface area contributed by atoms with Crippen LogP contribution in [0, 0.1) is 5.41 Å².